The third-order valence-electron chi connectivity index (χ3n) is 4.29. The number of benzene rings is 2. The second-order valence-electron chi connectivity index (χ2n) is 6.37. The summed E-state index contributed by atoms with van der Waals surface area (Å²) < 4.78 is 1.88. The van der Waals surface area contributed by atoms with E-state index in [2.05, 4.69) is 26.2 Å². The van der Waals surface area contributed by atoms with Gasteiger partial charge in [-0.05, 0) is 41.0 Å². The van der Waals surface area contributed by atoms with Crippen molar-refractivity contribution in [3.05, 3.63) is 60.2 Å². The molecule has 1 aliphatic carbocycles. The first-order valence-corrected chi connectivity index (χ1v) is 8.72. The van der Waals surface area contributed by atoms with E-state index < -0.39 is 0 Å². The predicted octanol–water partition coefficient (Wildman–Crippen LogP) is 2.40. The molecular weight excluding hydrogens is 328 g/mol. The molecule has 132 valence electrons. The van der Waals surface area contributed by atoms with Gasteiger partial charge in [-0.25, -0.2) is 4.68 Å². The van der Waals surface area contributed by atoms with Crippen LogP contribution in [0.3, 0.4) is 0 Å². The van der Waals surface area contributed by atoms with Crippen molar-refractivity contribution in [2.75, 3.05) is 11.9 Å². The van der Waals surface area contributed by atoms with Gasteiger partial charge in [0, 0.05) is 17.8 Å². The molecule has 7 heteroatoms. The zero-order chi connectivity index (χ0) is 17.8. The topological polar surface area (TPSA) is 84.7 Å². The molecule has 7 nitrogen and oxygen atoms in total. The molecule has 0 spiro atoms. The molecule has 1 aliphatic rings. The largest absolute Gasteiger partial charge is 0.376 e. The van der Waals surface area contributed by atoms with E-state index in [-0.39, 0.29) is 12.5 Å². The number of tetrazole rings is 1. The molecule has 1 heterocycles. The van der Waals surface area contributed by atoms with Crippen LogP contribution in [0.25, 0.3) is 11.4 Å². The fourth-order valence-electron chi connectivity index (χ4n) is 2.76. The normalized spacial score (nSPS) is 13.4. The van der Waals surface area contributed by atoms with E-state index in [0.29, 0.717) is 12.6 Å². The van der Waals surface area contributed by atoms with E-state index in [1.54, 1.807) is 0 Å². The molecule has 0 radical (unpaired) electrons. The first-order valence-electron chi connectivity index (χ1n) is 8.72. The molecule has 2 N–H and O–H groups in total. The zero-order valence-corrected chi connectivity index (χ0v) is 14.3. The number of nitrogens with zero attached hydrogens (tertiary/aromatic N) is 4. The van der Waals surface area contributed by atoms with Crippen molar-refractivity contribution < 1.29 is 4.79 Å². The highest BCUT2D eigenvalue weighted by Gasteiger charge is 2.28. The molecule has 2 aromatic carbocycles. The Labute approximate surface area is 151 Å². The number of carbonyl (C=O) groups is 1. The van der Waals surface area contributed by atoms with E-state index in [0.717, 1.165) is 35.5 Å². The fraction of sp³-hybridized carbons (Fsp3) is 0.263. The van der Waals surface area contributed by atoms with Crippen LogP contribution in [0.4, 0.5) is 5.69 Å². The minimum absolute atomic E-state index is 0.0536. The molecule has 0 atom stereocenters. The van der Waals surface area contributed by atoms with Gasteiger partial charge in [0.15, 0.2) is 5.82 Å². The van der Waals surface area contributed by atoms with Gasteiger partial charge in [0.05, 0.1) is 12.6 Å². The van der Waals surface area contributed by atoms with Crippen molar-refractivity contribution in [3.63, 3.8) is 0 Å². The van der Waals surface area contributed by atoms with Crippen LogP contribution in [0.5, 0.6) is 0 Å². The number of aromatic nitrogens is 4. The molecule has 0 unspecified atom stereocenters. The fourth-order valence-corrected chi connectivity index (χ4v) is 2.76. The van der Waals surface area contributed by atoms with Crippen LogP contribution in [0.15, 0.2) is 54.6 Å². The van der Waals surface area contributed by atoms with Crippen LogP contribution in [0.2, 0.25) is 0 Å². The Kier molecular flexibility index (Phi) is 4.59. The summed E-state index contributed by atoms with van der Waals surface area (Å²) in [6, 6.07) is 18.1. The SMILES string of the molecule is O=C(CNc1cccc(-c2nnnn2C2CC2)c1)NCc1ccccc1. The molecule has 4 rings (SSSR count). The van der Waals surface area contributed by atoms with Crippen molar-refractivity contribution in [2.24, 2.45) is 0 Å². The van der Waals surface area contributed by atoms with E-state index in [9.17, 15) is 4.79 Å². The molecule has 1 amide bonds. The lowest BCUT2D eigenvalue weighted by Crippen LogP contribution is -2.29. The standard InChI is InChI=1S/C19H20N6O/c26-18(21-12-14-5-2-1-3-6-14)13-20-16-8-4-7-15(11-16)19-22-23-24-25(19)17-9-10-17/h1-8,11,17,20H,9-10,12-13H2,(H,21,26). The van der Waals surface area contributed by atoms with Gasteiger partial charge >= 0.3 is 0 Å². The van der Waals surface area contributed by atoms with Crippen LogP contribution < -0.4 is 10.6 Å². The Morgan fingerprint density at radius 2 is 1.96 bits per heavy atom. The van der Waals surface area contributed by atoms with Gasteiger partial charge < -0.3 is 10.6 Å². The number of rotatable bonds is 7. The zero-order valence-electron chi connectivity index (χ0n) is 14.3. The van der Waals surface area contributed by atoms with E-state index in [1.807, 2.05) is 59.3 Å². The molecule has 3 aromatic rings. The predicted molar refractivity (Wildman–Crippen MR) is 98.3 cm³/mol. The van der Waals surface area contributed by atoms with Crippen molar-refractivity contribution in [3.8, 4) is 11.4 Å². The Hall–Kier alpha value is -3.22. The van der Waals surface area contributed by atoms with Crippen molar-refractivity contribution >= 4 is 11.6 Å². The maximum Gasteiger partial charge on any atom is 0.239 e. The molecule has 1 aromatic heterocycles. The molecule has 0 bridgehead atoms. The van der Waals surface area contributed by atoms with Gasteiger partial charge in [-0.3, -0.25) is 4.79 Å². The number of nitrogens with one attached hydrogen (secondary N) is 2. The molecule has 0 saturated heterocycles. The minimum atomic E-state index is -0.0536. The third kappa shape index (κ3) is 3.88. The van der Waals surface area contributed by atoms with Crippen LogP contribution in [0.1, 0.15) is 24.4 Å². The minimum Gasteiger partial charge on any atom is -0.376 e. The van der Waals surface area contributed by atoms with E-state index >= 15 is 0 Å². The highest BCUT2D eigenvalue weighted by molar-refractivity contribution is 5.81. The highest BCUT2D eigenvalue weighted by atomic mass is 16.1. The van der Waals surface area contributed by atoms with Gasteiger partial charge in [0.1, 0.15) is 0 Å². The first-order chi connectivity index (χ1) is 12.8. The highest BCUT2D eigenvalue weighted by Crippen LogP contribution is 2.36. The maximum atomic E-state index is 12.0. The average molecular weight is 348 g/mol. The van der Waals surface area contributed by atoms with Crippen LogP contribution in [-0.4, -0.2) is 32.7 Å². The first kappa shape index (κ1) is 16.3. The molecule has 0 aliphatic heterocycles. The number of anilines is 1. The second-order valence-corrected chi connectivity index (χ2v) is 6.37. The number of amides is 1. The summed E-state index contributed by atoms with van der Waals surface area (Å²) in [4.78, 5) is 12.0. The van der Waals surface area contributed by atoms with E-state index in [4.69, 9.17) is 0 Å². The second kappa shape index (κ2) is 7.35. The Morgan fingerprint density at radius 3 is 2.77 bits per heavy atom. The molecule has 1 fully saturated rings. The summed E-state index contributed by atoms with van der Waals surface area (Å²) in [7, 11) is 0. The van der Waals surface area contributed by atoms with Gasteiger partial charge in [0.2, 0.25) is 5.91 Å². The van der Waals surface area contributed by atoms with Crippen LogP contribution >= 0.6 is 0 Å². The smallest absolute Gasteiger partial charge is 0.239 e. The quantitative estimate of drug-likeness (QED) is 0.685. The number of hydrogen-bond donors (Lipinski definition) is 2. The van der Waals surface area contributed by atoms with Crippen LogP contribution in [-0.2, 0) is 11.3 Å². The lowest BCUT2D eigenvalue weighted by atomic mass is 10.2. The summed E-state index contributed by atoms with van der Waals surface area (Å²) in [6.07, 6.45) is 2.25. The number of carbonyl (C=O) groups excluding carboxylic acids is 1. The Balaban J connectivity index is 1.35. The molecule has 1 saturated carbocycles. The summed E-state index contributed by atoms with van der Waals surface area (Å²) >= 11 is 0. The Bertz CT molecular complexity index is 888. The number of hydrogen-bond acceptors (Lipinski definition) is 5. The van der Waals surface area contributed by atoms with Crippen molar-refractivity contribution in [1.29, 1.82) is 0 Å². The lowest BCUT2D eigenvalue weighted by molar-refractivity contribution is -0.119. The van der Waals surface area contributed by atoms with Gasteiger partial charge in [-0.2, -0.15) is 0 Å². The maximum absolute atomic E-state index is 12.0. The van der Waals surface area contributed by atoms with E-state index in [1.165, 1.54) is 0 Å². The molecular formula is C19H20N6O. The van der Waals surface area contributed by atoms with Gasteiger partial charge in [0.25, 0.3) is 0 Å². The summed E-state index contributed by atoms with van der Waals surface area (Å²) in [5.74, 6) is 0.715. The van der Waals surface area contributed by atoms with Crippen molar-refractivity contribution in [1.82, 2.24) is 25.5 Å². The van der Waals surface area contributed by atoms with Gasteiger partial charge in [-0.15, -0.1) is 5.10 Å². The average Bonchev–Trinajstić information content (AvgIpc) is 3.42. The summed E-state index contributed by atoms with van der Waals surface area (Å²) in [6.45, 7) is 0.738. The summed E-state index contributed by atoms with van der Waals surface area (Å²) in [5.41, 5.74) is 2.88. The third-order valence-corrected chi connectivity index (χ3v) is 4.29. The summed E-state index contributed by atoms with van der Waals surface area (Å²) in [5, 5.41) is 18.1. The molecule has 26 heavy (non-hydrogen) atoms. The van der Waals surface area contributed by atoms with Crippen molar-refractivity contribution in [2.45, 2.75) is 25.4 Å². The van der Waals surface area contributed by atoms with Crippen LogP contribution in [0, 0.1) is 0 Å². The lowest BCUT2D eigenvalue weighted by Gasteiger charge is -2.09. The monoisotopic (exact) mass is 348 g/mol. The van der Waals surface area contributed by atoms with Gasteiger partial charge in [-0.1, -0.05) is 42.5 Å². The Morgan fingerprint density at radius 1 is 1.12 bits per heavy atom.